The van der Waals surface area contributed by atoms with E-state index < -0.39 is 0 Å². The number of nitrogens with one attached hydrogen (secondary N) is 1. The second kappa shape index (κ2) is 8.52. The normalized spacial score (nSPS) is 12.8. The number of carbonyl (C=O) groups excluding carboxylic acids is 1. The minimum atomic E-state index is -0.228. The fourth-order valence-electron chi connectivity index (χ4n) is 3.49. The van der Waals surface area contributed by atoms with Gasteiger partial charge in [-0.2, -0.15) is 0 Å². The monoisotopic (exact) mass is 453 g/mol. The Labute approximate surface area is 185 Å². The smallest absolute Gasteiger partial charge is 0.263 e. The Hall–Kier alpha value is -3.17. The zero-order valence-corrected chi connectivity index (χ0v) is 18.1. The van der Waals surface area contributed by atoms with E-state index in [4.69, 9.17) is 9.47 Å². The Morgan fingerprint density at radius 3 is 2.87 bits per heavy atom. The van der Waals surface area contributed by atoms with Crippen LogP contribution in [0.4, 0.5) is 0 Å². The van der Waals surface area contributed by atoms with Gasteiger partial charge in [0, 0.05) is 22.4 Å². The first-order valence-corrected chi connectivity index (χ1v) is 11.6. The fraction of sp³-hybridized carbons (Fsp3) is 0.227. The second-order valence-electron chi connectivity index (χ2n) is 7.06. The lowest BCUT2D eigenvalue weighted by atomic mass is 10.1. The van der Waals surface area contributed by atoms with Crippen molar-refractivity contribution in [3.63, 3.8) is 0 Å². The number of carbonyl (C=O) groups is 1. The van der Waals surface area contributed by atoms with Crippen LogP contribution < -0.4 is 20.3 Å². The molecule has 5 rings (SSSR count). The van der Waals surface area contributed by atoms with Crippen LogP contribution in [0.15, 0.2) is 52.2 Å². The molecule has 0 aliphatic carbocycles. The second-order valence-corrected chi connectivity index (χ2v) is 8.87. The van der Waals surface area contributed by atoms with Gasteiger partial charge in [0.05, 0.1) is 11.7 Å². The van der Waals surface area contributed by atoms with Crippen molar-refractivity contribution in [3.05, 3.63) is 63.3 Å². The standard InChI is InChI=1S/C22H19N3O4S2/c26-19(23-6-5-14-3-4-16-17(10-14)29-8-7-28-16)11-25-13-24-21-20(22(25)27)15(12-31-21)18-2-1-9-30-18/h1-4,9-10,12-13H,5-8,11H2,(H,23,26). The van der Waals surface area contributed by atoms with Gasteiger partial charge in [-0.25, -0.2) is 4.98 Å². The van der Waals surface area contributed by atoms with Crippen LogP contribution in [0.1, 0.15) is 5.56 Å². The summed E-state index contributed by atoms with van der Waals surface area (Å²) in [7, 11) is 0. The molecule has 0 saturated carbocycles. The lowest BCUT2D eigenvalue weighted by molar-refractivity contribution is -0.121. The number of nitrogens with zero attached hydrogens (tertiary/aromatic N) is 2. The van der Waals surface area contributed by atoms with Crippen LogP contribution in [-0.2, 0) is 17.8 Å². The molecule has 1 amide bonds. The average molecular weight is 454 g/mol. The molecule has 4 heterocycles. The van der Waals surface area contributed by atoms with E-state index in [2.05, 4.69) is 10.3 Å². The molecule has 9 heteroatoms. The Morgan fingerprint density at radius 2 is 2.03 bits per heavy atom. The Kier molecular flexibility index (Phi) is 5.44. The van der Waals surface area contributed by atoms with E-state index in [0.29, 0.717) is 36.4 Å². The van der Waals surface area contributed by atoms with E-state index >= 15 is 0 Å². The molecular weight excluding hydrogens is 434 g/mol. The van der Waals surface area contributed by atoms with Gasteiger partial charge in [0.15, 0.2) is 11.5 Å². The molecule has 0 saturated heterocycles. The quantitative estimate of drug-likeness (QED) is 0.484. The molecule has 3 aromatic heterocycles. The van der Waals surface area contributed by atoms with Gasteiger partial charge in [0.2, 0.25) is 5.91 Å². The molecular formula is C22H19N3O4S2. The molecule has 0 spiro atoms. The van der Waals surface area contributed by atoms with Crippen molar-refractivity contribution in [3.8, 4) is 21.9 Å². The number of benzene rings is 1. The van der Waals surface area contributed by atoms with Gasteiger partial charge in [-0.1, -0.05) is 12.1 Å². The predicted octanol–water partition coefficient (Wildman–Crippen LogP) is 3.32. The summed E-state index contributed by atoms with van der Waals surface area (Å²) in [5.41, 5.74) is 1.72. The predicted molar refractivity (Wildman–Crippen MR) is 121 cm³/mol. The maximum Gasteiger partial charge on any atom is 0.263 e. The summed E-state index contributed by atoms with van der Waals surface area (Å²) in [5.74, 6) is 1.25. The number of amides is 1. The minimum Gasteiger partial charge on any atom is -0.486 e. The van der Waals surface area contributed by atoms with Crippen molar-refractivity contribution in [2.45, 2.75) is 13.0 Å². The van der Waals surface area contributed by atoms with Gasteiger partial charge in [0.25, 0.3) is 5.56 Å². The Bertz CT molecular complexity index is 1290. The van der Waals surface area contributed by atoms with Gasteiger partial charge in [-0.05, 0) is 35.6 Å². The highest BCUT2D eigenvalue weighted by Crippen LogP contribution is 2.33. The lowest BCUT2D eigenvalue weighted by Gasteiger charge is -2.18. The number of aromatic nitrogens is 2. The average Bonchev–Trinajstić information content (AvgIpc) is 3.45. The number of hydrogen-bond donors (Lipinski definition) is 1. The third-order valence-electron chi connectivity index (χ3n) is 5.00. The van der Waals surface area contributed by atoms with E-state index in [1.54, 1.807) is 11.3 Å². The first-order chi connectivity index (χ1) is 15.2. The topological polar surface area (TPSA) is 82.5 Å². The highest BCUT2D eigenvalue weighted by atomic mass is 32.1. The summed E-state index contributed by atoms with van der Waals surface area (Å²) in [5, 5.41) is 7.37. The van der Waals surface area contributed by atoms with Crippen molar-refractivity contribution < 1.29 is 14.3 Å². The number of fused-ring (bicyclic) bond motifs is 2. The molecule has 1 aromatic carbocycles. The van der Waals surface area contributed by atoms with E-state index in [-0.39, 0.29) is 18.0 Å². The first-order valence-electron chi connectivity index (χ1n) is 9.85. The van der Waals surface area contributed by atoms with Gasteiger partial charge in [-0.3, -0.25) is 14.2 Å². The summed E-state index contributed by atoms with van der Waals surface area (Å²) in [6.07, 6.45) is 2.10. The summed E-state index contributed by atoms with van der Waals surface area (Å²) < 4.78 is 12.5. The number of rotatable bonds is 6. The van der Waals surface area contributed by atoms with Gasteiger partial charge < -0.3 is 14.8 Å². The highest BCUT2D eigenvalue weighted by molar-refractivity contribution is 7.18. The Morgan fingerprint density at radius 1 is 1.16 bits per heavy atom. The molecule has 158 valence electrons. The number of thiophene rings is 2. The van der Waals surface area contributed by atoms with Crippen LogP contribution in [0.25, 0.3) is 20.7 Å². The zero-order chi connectivity index (χ0) is 21.2. The largest absolute Gasteiger partial charge is 0.486 e. The SMILES string of the molecule is O=C(Cn1cnc2scc(-c3cccs3)c2c1=O)NCCc1ccc2c(c1)OCCO2. The third kappa shape index (κ3) is 4.06. The van der Waals surface area contributed by atoms with Crippen LogP contribution in [0.2, 0.25) is 0 Å². The van der Waals surface area contributed by atoms with Crippen molar-refractivity contribution in [1.82, 2.24) is 14.9 Å². The maximum atomic E-state index is 13.0. The van der Waals surface area contributed by atoms with Crippen LogP contribution >= 0.6 is 22.7 Å². The molecule has 0 fully saturated rings. The number of hydrogen-bond acceptors (Lipinski definition) is 7. The van der Waals surface area contributed by atoms with Gasteiger partial charge in [0.1, 0.15) is 24.6 Å². The van der Waals surface area contributed by atoms with Crippen molar-refractivity contribution in [2.75, 3.05) is 19.8 Å². The summed E-state index contributed by atoms with van der Waals surface area (Å²) in [4.78, 5) is 31.5. The molecule has 31 heavy (non-hydrogen) atoms. The van der Waals surface area contributed by atoms with E-state index in [1.165, 1.54) is 22.2 Å². The molecule has 0 radical (unpaired) electrons. The van der Waals surface area contributed by atoms with Crippen LogP contribution in [0.5, 0.6) is 11.5 Å². The van der Waals surface area contributed by atoms with E-state index in [9.17, 15) is 9.59 Å². The minimum absolute atomic E-state index is 0.0668. The first kappa shape index (κ1) is 19.8. The molecule has 1 N–H and O–H groups in total. The summed E-state index contributed by atoms with van der Waals surface area (Å²) in [6.45, 7) is 1.49. The molecule has 0 atom stereocenters. The van der Waals surface area contributed by atoms with E-state index in [0.717, 1.165) is 27.5 Å². The van der Waals surface area contributed by atoms with Crippen LogP contribution in [0.3, 0.4) is 0 Å². The molecule has 1 aliphatic rings. The lowest BCUT2D eigenvalue weighted by Crippen LogP contribution is -2.33. The fourth-order valence-corrected chi connectivity index (χ4v) is 5.21. The summed E-state index contributed by atoms with van der Waals surface area (Å²) >= 11 is 3.01. The van der Waals surface area contributed by atoms with Crippen molar-refractivity contribution in [2.24, 2.45) is 0 Å². The van der Waals surface area contributed by atoms with Gasteiger partial charge in [-0.15, -0.1) is 22.7 Å². The van der Waals surface area contributed by atoms with Crippen LogP contribution in [0, 0.1) is 0 Å². The summed E-state index contributed by atoms with van der Waals surface area (Å²) in [6, 6.07) is 9.72. The molecule has 7 nitrogen and oxygen atoms in total. The maximum absolute atomic E-state index is 13.0. The van der Waals surface area contributed by atoms with Gasteiger partial charge >= 0.3 is 0 Å². The molecule has 4 aromatic rings. The van der Waals surface area contributed by atoms with Crippen LogP contribution in [-0.4, -0.2) is 35.2 Å². The molecule has 0 bridgehead atoms. The number of ether oxygens (including phenoxy) is 2. The van der Waals surface area contributed by atoms with Crippen molar-refractivity contribution >= 4 is 38.8 Å². The zero-order valence-electron chi connectivity index (χ0n) is 16.5. The molecule has 0 unspecified atom stereocenters. The van der Waals surface area contributed by atoms with Crippen molar-refractivity contribution in [1.29, 1.82) is 0 Å². The van der Waals surface area contributed by atoms with E-state index in [1.807, 2.05) is 41.1 Å². The Balaban J connectivity index is 1.25. The highest BCUT2D eigenvalue weighted by Gasteiger charge is 2.15. The molecule has 1 aliphatic heterocycles. The third-order valence-corrected chi connectivity index (χ3v) is 6.79.